The van der Waals surface area contributed by atoms with Crippen molar-refractivity contribution in [3.05, 3.63) is 82.7 Å². The molecule has 4 bridgehead atoms. The third-order valence-corrected chi connectivity index (χ3v) is 10.8. The van der Waals surface area contributed by atoms with Gasteiger partial charge in [0, 0.05) is 24.2 Å². The molecule has 4 aliphatic carbocycles. The number of H-pyrrole nitrogens is 1. The van der Waals surface area contributed by atoms with Gasteiger partial charge >= 0.3 is 0 Å². The first-order chi connectivity index (χ1) is 21.1. The van der Waals surface area contributed by atoms with Crippen molar-refractivity contribution in [1.29, 1.82) is 0 Å². The molecule has 2 heterocycles. The van der Waals surface area contributed by atoms with Crippen molar-refractivity contribution in [2.75, 3.05) is 11.9 Å². The number of carbonyl (C=O) groups excluding carboxylic acids is 1. The van der Waals surface area contributed by atoms with E-state index in [0.717, 1.165) is 43.6 Å². The van der Waals surface area contributed by atoms with E-state index >= 15 is 0 Å². The number of aromatic amines is 1. The number of rotatable bonds is 9. The highest BCUT2D eigenvalue weighted by molar-refractivity contribution is 7.90. The number of aliphatic hydroxyl groups excluding tert-OH is 1. The van der Waals surface area contributed by atoms with Crippen molar-refractivity contribution in [2.45, 2.75) is 43.1 Å². The van der Waals surface area contributed by atoms with Crippen molar-refractivity contribution < 1.29 is 28.0 Å². The zero-order valence-electron chi connectivity index (χ0n) is 23.6. The van der Waals surface area contributed by atoms with Gasteiger partial charge in [0.15, 0.2) is 0 Å². The number of hydrogen-bond acceptors (Lipinski definition) is 9. The summed E-state index contributed by atoms with van der Waals surface area (Å²) in [4.78, 5) is 31.4. The molecule has 4 N–H and O–H groups in total. The summed E-state index contributed by atoms with van der Waals surface area (Å²) in [5.74, 6) is 0.612. The predicted octanol–water partition coefficient (Wildman–Crippen LogP) is 4.98. The second kappa shape index (κ2) is 10.6. The smallest absolute Gasteiger partial charge is 0.293 e. The van der Waals surface area contributed by atoms with Gasteiger partial charge in [-0.25, -0.2) is 18.1 Å². The maximum absolute atomic E-state index is 13.3. The second-order valence-corrected chi connectivity index (χ2v) is 14.1. The summed E-state index contributed by atoms with van der Waals surface area (Å²) in [7, 11) is -4.48. The number of nitrogens with one attached hydrogen (secondary N) is 3. The molecular formula is C31H31N5O7S. The average molecular weight is 618 g/mol. The number of hydrogen-bond donors (Lipinski definition) is 4. The summed E-state index contributed by atoms with van der Waals surface area (Å²) in [6.07, 6.45) is 7.80. The van der Waals surface area contributed by atoms with Gasteiger partial charge in [-0.1, -0.05) is 12.1 Å². The summed E-state index contributed by atoms with van der Waals surface area (Å²) in [6.45, 7) is 0.510. The molecule has 2 unspecified atom stereocenters. The molecule has 4 aliphatic rings. The van der Waals surface area contributed by atoms with Gasteiger partial charge in [-0.2, -0.15) is 0 Å². The van der Waals surface area contributed by atoms with Crippen LogP contribution < -0.4 is 14.8 Å². The Hall–Kier alpha value is -4.49. The lowest BCUT2D eigenvalue weighted by atomic mass is 9.48. The van der Waals surface area contributed by atoms with E-state index in [0.29, 0.717) is 23.9 Å². The van der Waals surface area contributed by atoms with E-state index in [1.807, 2.05) is 10.8 Å². The largest absolute Gasteiger partial charge is 0.455 e. The van der Waals surface area contributed by atoms with Gasteiger partial charge in [0.25, 0.3) is 21.6 Å². The number of anilines is 1. The van der Waals surface area contributed by atoms with Crippen molar-refractivity contribution in [1.82, 2.24) is 14.7 Å². The molecule has 4 fully saturated rings. The second-order valence-electron chi connectivity index (χ2n) is 12.4. The van der Waals surface area contributed by atoms with Crippen molar-refractivity contribution in [3.8, 4) is 11.5 Å². The summed E-state index contributed by atoms with van der Waals surface area (Å²) in [6, 6.07) is 13.3. The first-order valence-electron chi connectivity index (χ1n) is 14.6. The van der Waals surface area contributed by atoms with Crippen LogP contribution in [0.1, 0.15) is 42.5 Å². The van der Waals surface area contributed by atoms with Gasteiger partial charge in [0.05, 0.1) is 27.7 Å². The normalized spacial score (nSPS) is 25.6. The highest BCUT2D eigenvalue weighted by Gasteiger charge is 2.54. The molecule has 0 aliphatic heterocycles. The molecule has 0 spiro atoms. The average Bonchev–Trinajstić information content (AvgIpc) is 3.46. The predicted molar refractivity (Wildman–Crippen MR) is 161 cm³/mol. The number of nitro benzene ring substituents is 1. The topological polar surface area (TPSA) is 177 Å². The first-order valence-corrected chi connectivity index (χ1v) is 16.1. The van der Waals surface area contributed by atoms with Crippen LogP contribution in [0.5, 0.6) is 11.5 Å². The Kier molecular flexibility index (Phi) is 6.81. The number of fused-ring (bicyclic) bond motifs is 1. The maximum atomic E-state index is 13.3. The van der Waals surface area contributed by atoms with Gasteiger partial charge in [-0.15, -0.1) is 0 Å². The zero-order chi connectivity index (χ0) is 30.6. The van der Waals surface area contributed by atoms with Gasteiger partial charge < -0.3 is 20.1 Å². The van der Waals surface area contributed by atoms with Crippen molar-refractivity contribution in [2.24, 2.45) is 23.2 Å². The summed E-state index contributed by atoms with van der Waals surface area (Å²) >= 11 is 0. The number of carbonyl (C=O) groups is 1. The Morgan fingerprint density at radius 2 is 1.89 bits per heavy atom. The lowest BCUT2D eigenvalue weighted by Gasteiger charge is -2.59. The fraction of sp³-hybridized carbons (Fsp3) is 0.355. The van der Waals surface area contributed by atoms with Crippen LogP contribution in [-0.2, 0) is 10.0 Å². The van der Waals surface area contributed by atoms with Gasteiger partial charge in [-0.05, 0) is 91.7 Å². The van der Waals surface area contributed by atoms with E-state index in [1.165, 1.54) is 30.5 Å². The molecule has 2 aromatic carbocycles. The number of aliphatic hydroxyl groups is 1. The number of nitrogens with zero attached hydrogens (tertiary/aromatic N) is 2. The number of amides is 1. The van der Waals surface area contributed by atoms with Gasteiger partial charge in [0.2, 0.25) is 0 Å². The number of ether oxygens (including phenoxy) is 1. The highest BCUT2D eigenvalue weighted by atomic mass is 32.2. The Bertz CT molecular complexity index is 1880. The molecule has 0 radical (unpaired) electrons. The lowest BCUT2D eigenvalue weighted by molar-refractivity contribution is -0.384. The number of nitro groups is 1. The SMILES string of the molecule is O=C(NS(=O)(=O)c1ccc(NCC23CC4CC(C2)C(O)C(C4)C3)c([N+](=O)[O-])c1)c1ccccc1Oc1cnc2[nH]ccc2c1. The third kappa shape index (κ3) is 5.15. The van der Waals surface area contributed by atoms with Crippen LogP contribution in [-0.4, -0.2) is 47.0 Å². The third-order valence-electron chi connectivity index (χ3n) is 9.44. The molecule has 8 rings (SSSR count). The molecular weight excluding hydrogens is 586 g/mol. The van der Waals surface area contributed by atoms with Crippen LogP contribution in [0.15, 0.2) is 71.9 Å². The summed E-state index contributed by atoms with van der Waals surface area (Å²) in [5.41, 5.74) is 0.391. The number of benzene rings is 2. The molecule has 2 aromatic heterocycles. The fourth-order valence-electron chi connectivity index (χ4n) is 7.73. The molecule has 12 nitrogen and oxygen atoms in total. The molecule has 228 valence electrons. The minimum absolute atomic E-state index is 0.0404. The molecule has 4 saturated carbocycles. The first kappa shape index (κ1) is 28.3. The summed E-state index contributed by atoms with van der Waals surface area (Å²) < 4.78 is 34.4. The van der Waals surface area contributed by atoms with E-state index in [9.17, 15) is 28.4 Å². The Morgan fingerprint density at radius 3 is 2.66 bits per heavy atom. The highest BCUT2D eigenvalue weighted by Crippen LogP contribution is 2.60. The van der Waals surface area contributed by atoms with Crippen LogP contribution in [0.2, 0.25) is 0 Å². The zero-order valence-corrected chi connectivity index (χ0v) is 24.4. The van der Waals surface area contributed by atoms with E-state index < -0.39 is 31.4 Å². The standard InChI is InChI=1S/C31H31N5O7S/c37-28-20-9-18-10-21(28)15-31(13-18,14-20)17-34-25-6-5-23(12-26(25)36(39)40)44(41,42)35-30(38)24-3-1-2-4-27(24)43-22-11-19-7-8-32-29(19)33-16-22/h1-8,11-12,16,18,20-21,28,34,37H,9-10,13-15,17H2,(H,32,33)(H,35,38). The summed E-state index contributed by atoms with van der Waals surface area (Å²) in [5, 5.41) is 26.6. The quantitative estimate of drug-likeness (QED) is 0.149. The molecule has 0 saturated heterocycles. The Morgan fingerprint density at radius 1 is 1.11 bits per heavy atom. The number of pyridine rings is 1. The van der Waals surface area contributed by atoms with E-state index in [2.05, 4.69) is 15.3 Å². The maximum Gasteiger partial charge on any atom is 0.293 e. The van der Waals surface area contributed by atoms with Crippen LogP contribution >= 0.6 is 0 Å². The number of sulfonamides is 1. The van der Waals surface area contributed by atoms with Crippen LogP contribution in [0.4, 0.5) is 11.4 Å². The molecule has 13 heteroatoms. The molecule has 44 heavy (non-hydrogen) atoms. The van der Waals surface area contributed by atoms with Crippen molar-refractivity contribution >= 4 is 38.3 Å². The minimum atomic E-state index is -4.48. The lowest BCUT2D eigenvalue weighted by Crippen LogP contribution is -2.55. The number of para-hydroxylation sites is 1. The number of aromatic nitrogens is 2. The van der Waals surface area contributed by atoms with Crippen LogP contribution in [0.25, 0.3) is 11.0 Å². The molecule has 4 aromatic rings. The molecule has 2 atom stereocenters. The van der Waals surface area contributed by atoms with Gasteiger partial charge in [0.1, 0.15) is 22.8 Å². The Balaban J connectivity index is 1.08. The fourth-order valence-corrected chi connectivity index (χ4v) is 8.71. The van der Waals surface area contributed by atoms with Crippen molar-refractivity contribution in [3.63, 3.8) is 0 Å². The van der Waals surface area contributed by atoms with E-state index in [4.69, 9.17) is 4.74 Å². The van der Waals surface area contributed by atoms with Gasteiger partial charge in [-0.3, -0.25) is 14.9 Å². The Labute approximate surface area is 253 Å². The van der Waals surface area contributed by atoms with E-state index in [1.54, 1.807) is 24.4 Å². The van der Waals surface area contributed by atoms with Crippen LogP contribution in [0, 0.1) is 33.3 Å². The van der Waals surface area contributed by atoms with Crippen LogP contribution in [0.3, 0.4) is 0 Å². The molecule has 1 amide bonds. The monoisotopic (exact) mass is 617 g/mol. The minimum Gasteiger partial charge on any atom is -0.455 e. The van der Waals surface area contributed by atoms with E-state index in [-0.39, 0.29) is 40.4 Å².